The summed E-state index contributed by atoms with van der Waals surface area (Å²) in [5, 5.41) is 2.19. The third-order valence-corrected chi connectivity index (χ3v) is 3.32. The highest BCUT2D eigenvalue weighted by Gasteiger charge is 2.49. The quantitative estimate of drug-likeness (QED) is 0.851. The van der Waals surface area contributed by atoms with Crippen LogP contribution in [0, 0.1) is 13.8 Å². The van der Waals surface area contributed by atoms with E-state index in [1.165, 1.54) is 0 Å². The normalized spacial score (nSPS) is 23.5. The molecule has 1 aromatic rings. The molecule has 1 aromatic carbocycles. The number of hydrogen-bond acceptors (Lipinski definition) is 3. The molecule has 2 rings (SSSR count). The van der Waals surface area contributed by atoms with Gasteiger partial charge in [-0.05, 0) is 31.4 Å². The summed E-state index contributed by atoms with van der Waals surface area (Å²) in [6, 6.07) is 5.67. The number of ether oxygens (including phenoxy) is 1. The molecule has 1 atom stereocenters. The average Bonchev–Trinajstić information content (AvgIpc) is 2.58. The summed E-state index contributed by atoms with van der Waals surface area (Å²) in [6.45, 7) is 5.79. The highest BCUT2D eigenvalue weighted by molar-refractivity contribution is 6.03. The first-order chi connectivity index (χ1) is 7.99. The van der Waals surface area contributed by atoms with Crippen molar-refractivity contribution < 1.29 is 14.3 Å². The van der Waals surface area contributed by atoms with E-state index in [9.17, 15) is 9.59 Å². The Hall–Kier alpha value is -1.84. The minimum absolute atomic E-state index is 0.381. The predicted molar refractivity (Wildman–Crippen MR) is 62.5 cm³/mol. The van der Waals surface area contributed by atoms with E-state index >= 15 is 0 Å². The van der Waals surface area contributed by atoms with E-state index in [1.54, 1.807) is 0 Å². The van der Waals surface area contributed by atoms with Gasteiger partial charge >= 0.3 is 6.09 Å². The molecule has 4 nitrogen and oxygen atoms in total. The summed E-state index contributed by atoms with van der Waals surface area (Å²) in [7, 11) is 0. The zero-order valence-electron chi connectivity index (χ0n) is 10.2. The average molecular weight is 233 g/mol. The van der Waals surface area contributed by atoms with Gasteiger partial charge < -0.3 is 4.74 Å². The highest BCUT2D eigenvalue weighted by Crippen LogP contribution is 2.34. The van der Waals surface area contributed by atoms with Crippen molar-refractivity contribution >= 4 is 12.0 Å². The Bertz CT molecular complexity index is 495. The Morgan fingerprint density at radius 3 is 2.41 bits per heavy atom. The van der Waals surface area contributed by atoms with Crippen molar-refractivity contribution in [2.45, 2.75) is 32.8 Å². The molecule has 1 aliphatic heterocycles. The van der Waals surface area contributed by atoms with Gasteiger partial charge in [0, 0.05) is 5.56 Å². The number of carbonyl (C=O) groups is 2. The molecule has 90 valence electrons. The zero-order valence-corrected chi connectivity index (χ0v) is 10.2. The fourth-order valence-corrected chi connectivity index (χ4v) is 2.04. The van der Waals surface area contributed by atoms with Crippen LogP contribution in [0.15, 0.2) is 18.2 Å². The van der Waals surface area contributed by atoms with Crippen LogP contribution in [0.4, 0.5) is 4.79 Å². The van der Waals surface area contributed by atoms with E-state index in [2.05, 4.69) is 5.32 Å². The lowest BCUT2D eigenvalue weighted by Gasteiger charge is -2.23. The number of hydrogen-bond donors (Lipinski definition) is 1. The van der Waals surface area contributed by atoms with Crippen molar-refractivity contribution in [3.05, 3.63) is 34.9 Å². The van der Waals surface area contributed by atoms with Crippen LogP contribution in [0.1, 0.15) is 30.0 Å². The molecule has 1 unspecified atom stereocenters. The molecule has 1 heterocycles. The second-order valence-electron chi connectivity index (χ2n) is 4.32. The lowest BCUT2D eigenvalue weighted by atomic mass is 9.88. The second kappa shape index (κ2) is 3.87. The zero-order chi connectivity index (χ0) is 12.6. The molecule has 1 aliphatic rings. The molecule has 0 saturated carbocycles. The summed E-state index contributed by atoms with van der Waals surface area (Å²) >= 11 is 0. The van der Waals surface area contributed by atoms with Gasteiger partial charge in [-0.3, -0.25) is 10.1 Å². The van der Waals surface area contributed by atoms with Crippen LogP contribution in [-0.4, -0.2) is 12.0 Å². The number of nitrogens with one attached hydrogen (secondary N) is 1. The van der Waals surface area contributed by atoms with E-state index in [0.29, 0.717) is 6.42 Å². The third kappa shape index (κ3) is 1.69. The van der Waals surface area contributed by atoms with Gasteiger partial charge in [-0.15, -0.1) is 0 Å². The minimum atomic E-state index is -1.16. The van der Waals surface area contributed by atoms with E-state index < -0.39 is 11.7 Å². The maximum absolute atomic E-state index is 11.9. The fraction of sp³-hybridized carbons (Fsp3) is 0.385. The molecule has 0 aromatic heterocycles. The lowest BCUT2D eigenvalue weighted by molar-refractivity contribution is -0.132. The summed E-state index contributed by atoms with van der Waals surface area (Å²) in [6.07, 6.45) is -0.248. The van der Waals surface area contributed by atoms with Gasteiger partial charge in [0.15, 0.2) is 0 Å². The van der Waals surface area contributed by atoms with Gasteiger partial charge in [0.25, 0.3) is 5.91 Å². The number of alkyl carbamates (subject to hydrolysis) is 1. The van der Waals surface area contributed by atoms with Crippen LogP contribution < -0.4 is 5.32 Å². The van der Waals surface area contributed by atoms with Gasteiger partial charge in [-0.2, -0.15) is 0 Å². The van der Waals surface area contributed by atoms with Gasteiger partial charge in [0.05, 0.1) is 0 Å². The number of benzene rings is 1. The van der Waals surface area contributed by atoms with Crippen LogP contribution in [-0.2, 0) is 15.1 Å². The van der Waals surface area contributed by atoms with Crippen molar-refractivity contribution in [3.8, 4) is 0 Å². The van der Waals surface area contributed by atoms with Crippen molar-refractivity contribution in [2.75, 3.05) is 0 Å². The van der Waals surface area contributed by atoms with Crippen LogP contribution in [0.5, 0.6) is 0 Å². The van der Waals surface area contributed by atoms with Crippen LogP contribution in [0.3, 0.4) is 0 Å². The van der Waals surface area contributed by atoms with Gasteiger partial charge in [0.1, 0.15) is 0 Å². The van der Waals surface area contributed by atoms with E-state index in [0.717, 1.165) is 16.7 Å². The summed E-state index contributed by atoms with van der Waals surface area (Å²) < 4.78 is 5.19. The Balaban J connectivity index is 2.52. The first-order valence-corrected chi connectivity index (χ1v) is 5.62. The molecule has 1 saturated heterocycles. The summed E-state index contributed by atoms with van der Waals surface area (Å²) in [5.74, 6) is -0.381. The summed E-state index contributed by atoms with van der Waals surface area (Å²) in [4.78, 5) is 23.1. The van der Waals surface area contributed by atoms with Gasteiger partial charge in [0.2, 0.25) is 5.60 Å². The number of aryl methyl sites for hydroxylation is 2. The number of cyclic esters (lactones) is 1. The maximum Gasteiger partial charge on any atom is 0.415 e. The topological polar surface area (TPSA) is 55.4 Å². The van der Waals surface area contributed by atoms with E-state index in [4.69, 9.17) is 4.74 Å². The Morgan fingerprint density at radius 2 is 1.94 bits per heavy atom. The highest BCUT2D eigenvalue weighted by atomic mass is 16.6. The maximum atomic E-state index is 11.9. The Labute approximate surface area is 100.0 Å². The second-order valence-corrected chi connectivity index (χ2v) is 4.32. The van der Waals surface area contributed by atoms with E-state index in [-0.39, 0.29) is 5.91 Å². The molecule has 0 aliphatic carbocycles. The van der Waals surface area contributed by atoms with Gasteiger partial charge in [-0.25, -0.2) is 4.79 Å². The van der Waals surface area contributed by atoms with Crippen LogP contribution in [0.25, 0.3) is 0 Å². The molecule has 0 bridgehead atoms. The standard InChI is InChI=1S/C13H15NO3/c1-4-13(11(15)14-12(16)17-13)10-6-5-8(2)9(3)7-10/h5-7H,4H2,1-3H3,(H,14,15,16). The minimum Gasteiger partial charge on any atom is -0.428 e. The Morgan fingerprint density at radius 1 is 1.24 bits per heavy atom. The summed E-state index contributed by atoms with van der Waals surface area (Å²) in [5.41, 5.74) is 1.79. The SMILES string of the molecule is CCC1(c2ccc(C)c(C)c2)OC(=O)NC1=O. The predicted octanol–water partition coefficient (Wildman–Crippen LogP) is 2.18. The molecule has 0 radical (unpaired) electrons. The van der Waals surface area contributed by atoms with Crippen LogP contribution >= 0.6 is 0 Å². The van der Waals surface area contributed by atoms with Crippen molar-refractivity contribution in [1.29, 1.82) is 0 Å². The monoisotopic (exact) mass is 233 g/mol. The first kappa shape index (κ1) is 11.6. The molecular formula is C13H15NO3. The van der Waals surface area contributed by atoms with Crippen LogP contribution in [0.2, 0.25) is 0 Å². The molecule has 1 fully saturated rings. The largest absolute Gasteiger partial charge is 0.428 e. The number of carbonyl (C=O) groups excluding carboxylic acids is 2. The molecular weight excluding hydrogens is 218 g/mol. The number of amides is 2. The molecule has 1 N–H and O–H groups in total. The first-order valence-electron chi connectivity index (χ1n) is 5.62. The van der Waals surface area contributed by atoms with Gasteiger partial charge in [-0.1, -0.05) is 25.1 Å². The molecule has 0 spiro atoms. The molecule has 17 heavy (non-hydrogen) atoms. The Kier molecular flexibility index (Phi) is 2.65. The number of imide groups is 1. The molecule has 2 amide bonds. The third-order valence-electron chi connectivity index (χ3n) is 3.32. The smallest absolute Gasteiger partial charge is 0.415 e. The van der Waals surface area contributed by atoms with Crippen molar-refractivity contribution in [1.82, 2.24) is 5.32 Å². The van der Waals surface area contributed by atoms with E-state index in [1.807, 2.05) is 39.0 Å². The van der Waals surface area contributed by atoms with Crippen molar-refractivity contribution in [2.24, 2.45) is 0 Å². The lowest BCUT2D eigenvalue weighted by Crippen LogP contribution is -2.36. The molecule has 4 heteroatoms. The number of rotatable bonds is 2. The fourth-order valence-electron chi connectivity index (χ4n) is 2.04. The van der Waals surface area contributed by atoms with Crippen molar-refractivity contribution in [3.63, 3.8) is 0 Å².